The summed E-state index contributed by atoms with van der Waals surface area (Å²) >= 11 is 5.21. The molecule has 0 unspecified atom stereocenters. The Kier molecular flexibility index (Phi) is 5.11. The lowest BCUT2D eigenvalue weighted by Gasteiger charge is -2.08. The van der Waals surface area contributed by atoms with Gasteiger partial charge in [-0.05, 0) is 53.3 Å². The summed E-state index contributed by atoms with van der Waals surface area (Å²) in [6.45, 7) is 0. The van der Waals surface area contributed by atoms with E-state index in [4.69, 9.17) is 17.0 Å². The Morgan fingerprint density at radius 2 is 1.84 bits per heavy atom. The van der Waals surface area contributed by atoms with Crippen molar-refractivity contribution >= 4 is 40.0 Å². The molecule has 0 aromatic heterocycles. The molecule has 3 aromatic carbocycles. The molecule has 3 N–H and O–H groups in total. The minimum absolute atomic E-state index is 0.165. The molecular formula is C19H17N3O2S. The molecule has 0 aliphatic carbocycles. The summed E-state index contributed by atoms with van der Waals surface area (Å²) in [5.74, 6) is 0.937. The van der Waals surface area contributed by atoms with Crippen molar-refractivity contribution in [3.63, 3.8) is 0 Å². The monoisotopic (exact) mass is 351 g/mol. The number of rotatable bonds is 4. The summed E-state index contributed by atoms with van der Waals surface area (Å²) in [4.78, 5) is 0. The summed E-state index contributed by atoms with van der Waals surface area (Å²) in [6, 6.07) is 18.7. The Hall–Kier alpha value is -3.12. The zero-order valence-corrected chi connectivity index (χ0v) is 14.4. The number of hydrogen-bond donors (Lipinski definition) is 3. The highest BCUT2D eigenvalue weighted by molar-refractivity contribution is 7.80. The topological polar surface area (TPSA) is 65.9 Å². The van der Waals surface area contributed by atoms with Gasteiger partial charge >= 0.3 is 0 Å². The Labute approximate surface area is 150 Å². The number of anilines is 1. The maximum Gasteiger partial charge on any atom is 0.191 e. The van der Waals surface area contributed by atoms with E-state index in [1.165, 1.54) is 0 Å². The van der Waals surface area contributed by atoms with Gasteiger partial charge in [0, 0.05) is 11.3 Å². The average Bonchev–Trinajstić information content (AvgIpc) is 2.64. The Morgan fingerprint density at radius 1 is 1.08 bits per heavy atom. The van der Waals surface area contributed by atoms with Gasteiger partial charge in [0.05, 0.1) is 13.3 Å². The van der Waals surface area contributed by atoms with Gasteiger partial charge < -0.3 is 15.2 Å². The van der Waals surface area contributed by atoms with Gasteiger partial charge in [-0.25, -0.2) is 0 Å². The van der Waals surface area contributed by atoms with E-state index in [2.05, 4.69) is 15.8 Å². The number of fused-ring (bicyclic) bond motifs is 1. The van der Waals surface area contributed by atoms with Crippen LogP contribution in [-0.2, 0) is 0 Å². The Morgan fingerprint density at radius 3 is 2.60 bits per heavy atom. The Bertz CT molecular complexity index is 924. The fraction of sp³-hybridized carbons (Fsp3) is 0.0526. The van der Waals surface area contributed by atoms with E-state index < -0.39 is 0 Å². The van der Waals surface area contributed by atoms with E-state index in [1.807, 2.05) is 54.6 Å². The van der Waals surface area contributed by atoms with Crippen LogP contribution in [0.2, 0.25) is 0 Å². The molecule has 0 saturated heterocycles. The van der Waals surface area contributed by atoms with E-state index in [-0.39, 0.29) is 5.75 Å². The second kappa shape index (κ2) is 7.63. The first-order valence-electron chi connectivity index (χ1n) is 7.62. The van der Waals surface area contributed by atoms with Crippen molar-refractivity contribution in [1.29, 1.82) is 0 Å². The number of methoxy groups -OCH3 is 1. The molecule has 6 heteroatoms. The molecule has 0 aliphatic rings. The summed E-state index contributed by atoms with van der Waals surface area (Å²) in [7, 11) is 1.62. The largest absolute Gasteiger partial charge is 0.507 e. The van der Waals surface area contributed by atoms with Crippen molar-refractivity contribution in [2.24, 2.45) is 5.10 Å². The van der Waals surface area contributed by atoms with Gasteiger partial charge in [-0.15, -0.1) is 0 Å². The van der Waals surface area contributed by atoms with Gasteiger partial charge in [0.1, 0.15) is 11.5 Å². The van der Waals surface area contributed by atoms with Crippen LogP contribution in [0.5, 0.6) is 11.5 Å². The van der Waals surface area contributed by atoms with Crippen LogP contribution < -0.4 is 15.5 Å². The summed E-state index contributed by atoms with van der Waals surface area (Å²) in [5.41, 5.74) is 4.21. The predicted octanol–water partition coefficient (Wildman–Crippen LogP) is 3.87. The first-order chi connectivity index (χ1) is 12.2. The van der Waals surface area contributed by atoms with Gasteiger partial charge in [0.15, 0.2) is 5.11 Å². The van der Waals surface area contributed by atoms with Crippen LogP contribution in [0.4, 0.5) is 5.69 Å². The van der Waals surface area contributed by atoms with Crippen molar-refractivity contribution in [3.8, 4) is 11.5 Å². The number of hydrogen-bond acceptors (Lipinski definition) is 4. The maximum atomic E-state index is 10.1. The molecule has 0 aliphatic heterocycles. The normalized spacial score (nSPS) is 10.8. The highest BCUT2D eigenvalue weighted by atomic mass is 32.1. The van der Waals surface area contributed by atoms with Crippen molar-refractivity contribution in [1.82, 2.24) is 5.43 Å². The van der Waals surface area contributed by atoms with Crippen LogP contribution in [0.15, 0.2) is 65.8 Å². The molecule has 0 heterocycles. The SMILES string of the molecule is COc1ccc(NC(=S)NN=Cc2c(O)ccc3ccccc23)cc1. The lowest BCUT2D eigenvalue weighted by Crippen LogP contribution is -2.23. The third-order valence-corrected chi connectivity index (χ3v) is 3.85. The zero-order valence-electron chi connectivity index (χ0n) is 13.6. The van der Waals surface area contributed by atoms with Crippen LogP contribution in [0.25, 0.3) is 10.8 Å². The lowest BCUT2D eigenvalue weighted by atomic mass is 10.0. The molecule has 0 atom stereocenters. The minimum Gasteiger partial charge on any atom is -0.507 e. The molecule has 0 radical (unpaired) electrons. The van der Waals surface area contributed by atoms with Crippen molar-refractivity contribution in [3.05, 3.63) is 66.2 Å². The highest BCUT2D eigenvalue weighted by Gasteiger charge is 2.04. The van der Waals surface area contributed by atoms with Crippen LogP contribution in [0.1, 0.15) is 5.56 Å². The van der Waals surface area contributed by atoms with Crippen LogP contribution in [-0.4, -0.2) is 23.5 Å². The molecule has 126 valence electrons. The number of nitrogens with one attached hydrogen (secondary N) is 2. The number of thiocarbonyl (C=S) groups is 1. The van der Waals surface area contributed by atoms with Crippen molar-refractivity contribution in [2.45, 2.75) is 0 Å². The smallest absolute Gasteiger partial charge is 0.191 e. The predicted molar refractivity (Wildman–Crippen MR) is 106 cm³/mol. The number of phenols is 1. The molecular weight excluding hydrogens is 334 g/mol. The molecule has 0 bridgehead atoms. The van der Waals surface area contributed by atoms with Gasteiger partial charge in [0.2, 0.25) is 0 Å². The first-order valence-corrected chi connectivity index (χ1v) is 8.03. The molecule has 3 aromatic rings. The van der Waals surface area contributed by atoms with Crippen molar-refractivity contribution in [2.75, 3.05) is 12.4 Å². The first kappa shape index (κ1) is 16.7. The molecule has 0 spiro atoms. The van der Waals surface area contributed by atoms with Gasteiger partial charge in [-0.1, -0.05) is 30.3 Å². The summed E-state index contributed by atoms with van der Waals surface area (Å²) < 4.78 is 5.11. The fourth-order valence-electron chi connectivity index (χ4n) is 2.41. The molecule has 0 amide bonds. The van der Waals surface area contributed by atoms with E-state index >= 15 is 0 Å². The zero-order chi connectivity index (χ0) is 17.6. The Balaban J connectivity index is 1.68. The number of aromatic hydroxyl groups is 1. The average molecular weight is 351 g/mol. The van der Waals surface area contributed by atoms with Crippen LogP contribution >= 0.6 is 12.2 Å². The highest BCUT2D eigenvalue weighted by Crippen LogP contribution is 2.25. The number of nitrogens with zero attached hydrogens (tertiary/aromatic N) is 1. The minimum atomic E-state index is 0.165. The van der Waals surface area contributed by atoms with Gasteiger partial charge in [0.25, 0.3) is 0 Å². The summed E-state index contributed by atoms with van der Waals surface area (Å²) in [6.07, 6.45) is 1.56. The lowest BCUT2D eigenvalue weighted by molar-refractivity contribution is 0.415. The van der Waals surface area contributed by atoms with Crippen LogP contribution in [0.3, 0.4) is 0 Å². The molecule has 0 fully saturated rings. The number of ether oxygens (including phenoxy) is 1. The molecule has 3 rings (SSSR count). The van der Waals surface area contributed by atoms with E-state index in [0.717, 1.165) is 22.2 Å². The number of hydrazone groups is 1. The number of benzene rings is 3. The third kappa shape index (κ3) is 4.05. The van der Waals surface area contributed by atoms with Crippen molar-refractivity contribution < 1.29 is 9.84 Å². The number of phenolic OH excluding ortho intramolecular Hbond substituents is 1. The van der Waals surface area contributed by atoms with E-state index in [0.29, 0.717) is 10.7 Å². The summed E-state index contributed by atoms with van der Waals surface area (Å²) in [5, 5.41) is 19.5. The maximum absolute atomic E-state index is 10.1. The van der Waals surface area contributed by atoms with E-state index in [1.54, 1.807) is 19.4 Å². The second-order valence-corrected chi connectivity index (χ2v) is 5.68. The van der Waals surface area contributed by atoms with E-state index in [9.17, 15) is 5.11 Å². The fourth-order valence-corrected chi connectivity index (χ4v) is 2.58. The third-order valence-electron chi connectivity index (χ3n) is 3.66. The molecule has 5 nitrogen and oxygen atoms in total. The second-order valence-electron chi connectivity index (χ2n) is 5.27. The van der Waals surface area contributed by atoms with Crippen LogP contribution in [0, 0.1) is 0 Å². The standard InChI is InChI=1S/C19H17N3O2S/c1-24-15-9-7-14(8-10-15)21-19(25)22-20-12-17-16-5-3-2-4-13(16)6-11-18(17)23/h2-12,23H,1H3,(H2,21,22,25). The van der Waals surface area contributed by atoms with Gasteiger partial charge in [-0.2, -0.15) is 5.10 Å². The molecule has 25 heavy (non-hydrogen) atoms. The molecule has 0 saturated carbocycles. The van der Waals surface area contributed by atoms with Gasteiger partial charge in [-0.3, -0.25) is 5.43 Å². The quantitative estimate of drug-likeness (QED) is 0.378.